The quantitative estimate of drug-likeness (QED) is 0.886. The SMILES string of the molecule is c1n[nH]c(Sc2ccc(NCC3CCOCC3)cc2)n1. The summed E-state index contributed by atoms with van der Waals surface area (Å²) >= 11 is 1.58. The summed E-state index contributed by atoms with van der Waals surface area (Å²) in [5, 5.41) is 11.0. The summed E-state index contributed by atoms with van der Waals surface area (Å²) in [4.78, 5) is 5.25. The van der Waals surface area contributed by atoms with E-state index in [2.05, 4.69) is 44.8 Å². The molecule has 2 N–H and O–H groups in total. The van der Waals surface area contributed by atoms with Crippen LogP contribution in [-0.2, 0) is 4.74 Å². The number of anilines is 1. The fourth-order valence-corrected chi connectivity index (χ4v) is 2.90. The lowest BCUT2D eigenvalue weighted by molar-refractivity contribution is 0.0699. The Hall–Kier alpha value is -1.53. The predicted octanol–water partition coefficient (Wildman–Crippen LogP) is 2.79. The zero-order valence-electron chi connectivity index (χ0n) is 11.2. The smallest absolute Gasteiger partial charge is 0.188 e. The molecule has 6 heteroatoms. The lowest BCUT2D eigenvalue weighted by Gasteiger charge is -2.22. The van der Waals surface area contributed by atoms with Crippen molar-refractivity contribution in [2.24, 2.45) is 5.92 Å². The Labute approximate surface area is 122 Å². The van der Waals surface area contributed by atoms with Crippen LogP contribution in [0.3, 0.4) is 0 Å². The van der Waals surface area contributed by atoms with Crippen molar-refractivity contribution >= 4 is 17.4 Å². The maximum Gasteiger partial charge on any atom is 0.188 e. The van der Waals surface area contributed by atoms with E-state index in [1.807, 2.05) is 0 Å². The summed E-state index contributed by atoms with van der Waals surface area (Å²) in [6.07, 6.45) is 3.84. The summed E-state index contributed by atoms with van der Waals surface area (Å²) in [5.74, 6) is 0.729. The molecule has 1 aromatic carbocycles. The van der Waals surface area contributed by atoms with Gasteiger partial charge in [-0.05, 0) is 43.0 Å². The maximum absolute atomic E-state index is 5.37. The van der Waals surface area contributed by atoms with Crippen molar-refractivity contribution in [1.82, 2.24) is 15.2 Å². The van der Waals surface area contributed by atoms with Gasteiger partial charge in [-0.25, -0.2) is 4.98 Å². The van der Waals surface area contributed by atoms with Crippen LogP contribution in [0, 0.1) is 5.92 Å². The van der Waals surface area contributed by atoms with Gasteiger partial charge in [-0.1, -0.05) is 11.8 Å². The van der Waals surface area contributed by atoms with E-state index in [9.17, 15) is 0 Å². The molecule has 0 bridgehead atoms. The van der Waals surface area contributed by atoms with Crippen molar-refractivity contribution in [3.05, 3.63) is 30.6 Å². The number of rotatable bonds is 5. The number of aromatic amines is 1. The Morgan fingerprint density at radius 3 is 2.75 bits per heavy atom. The first kappa shape index (κ1) is 13.5. The number of nitrogens with one attached hydrogen (secondary N) is 2. The molecule has 1 aliphatic heterocycles. The molecule has 0 saturated carbocycles. The second-order valence-corrected chi connectivity index (χ2v) is 5.92. The molecule has 1 fully saturated rings. The van der Waals surface area contributed by atoms with E-state index in [0.717, 1.165) is 48.6 Å². The van der Waals surface area contributed by atoms with Gasteiger partial charge in [0.15, 0.2) is 5.16 Å². The highest BCUT2D eigenvalue weighted by Crippen LogP contribution is 2.25. The molecule has 0 amide bonds. The third kappa shape index (κ3) is 3.74. The lowest BCUT2D eigenvalue weighted by atomic mass is 10.0. The van der Waals surface area contributed by atoms with E-state index in [-0.39, 0.29) is 0 Å². The standard InChI is InChI=1S/C14H18N4OS/c1-3-13(20-14-16-10-17-18-14)4-2-12(1)15-9-11-5-7-19-8-6-11/h1-4,10-11,15H,5-9H2,(H,16,17,18). The molecule has 106 valence electrons. The minimum Gasteiger partial charge on any atom is -0.385 e. The summed E-state index contributed by atoms with van der Waals surface area (Å²) in [7, 11) is 0. The highest BCUT2D eigenvalue weighted by molar-refractivity contribution is 7.99. The average Bonchev–Trinajstić information content (AvgIpc) is 3.01. The van der Waals surface area contributed by atoms with Crippen LogP contribution < -0.4 is 5.32 Å². The Morgan fingerprint density at radius 2 is 2.05 bits per heavy atom. The fraction of sp³-hybridized carbons (Fsp3) is 0.429. The third-order valence-electron chi connectivity index (χ3n) is 3.40. The van der Waals surface area contributed by atoms with Gasteiger partial charge in [0.05, 0.1) is 0 Å². The molecule has 1 aliphatic rings. The number of benzene rings is 1. The molecule has 3 rings (SSSR count). The largest absolute Gasteiger partial charge is 0.385 e. The fourth-order valence-electron chi connectivity index (χ4n) is 2.21. The van der Waals surface area contributed by atoms with Crippen LogP contribution in [0.25, 0.3) is 0 Å². The van der Waals surface area contributed by atoms with Gasteiger partial charge in [0.2, 0.25) is 0 Å². The van der Waals surface area contributed by atoms with E-state index < -0.39 is 0 Å². The van der Waals surface area contributed by atoms with E-state index in [1.165, 1.54) is 12.0 Å². The van der Waals surface area contributed by atoms with Crippen LogP contribution in [-0.4, -0.2) is 34.9 Å². The molecule has 2 aromatic rings. The maximum atomic E-state index is 5.37. The van der Waals surface area contributed by atoms with Gasteiger partial charge in [-0.3, -0.25) is 5.10 Å². The van der Waals surface area contributed by atoms with Crippen LogP contribution in [0.1, 0.15) is 12.8 Å². The van der Waals surface area contributed by atoms with Crippen molar-refractivity contribution in [3.63, 3.8) is 0 Å². The average molecular weight is 290 g/mol. The Kier molecular flexibility index (Phi) is 4.55. The zero-order valence-corrected chi connectivity index (χ0v) is 12.0. The number of aromatic nitrogens is 3. The van der Waals surface area contributed by atoms with E-state index >= 15 is 0 Å². The van der Waals surface area contributed by atoms with E-state index in [1.54, 1.807) is 11.8 Å². The van der Waals surface area contributed by atoms with Crippen LogP contribution in [0.4, 0.5) is 5.69 Å². The van der Waals surface area contributed by atoms with Gasteiger partial charge in [0.1, 0.15) is 6.33 Å². The molecule has 2 heterocycles. The summed E-state index contributed by atoms with van der Waals surface area (Å²) < 4.78 is 5.37. The number of hydrogen-bond donors (Lipinski definition) is 2. The molecule has 20 heavy (non-hydrogen) atoms. The van der Waals surface area contributed by atoms with E-state index in [4.69, 9.17) is 4.74 Å². The molecule has 5 nitrogen and oxygen atoms in total. The van der Waals surface area contributed by atoms with Gasteiger partial charge in [-0.2, -0.15) is 5.10 Å². The summed E-state index contributed by atoms with van der Waals surface area (Å²) in [6, 6.07) is 8.41. The van der Waals surface area contributed by atoms with Crippen molar-refractivity contribution in [3.8, 4) is 0 Å². The highest BCUT2D eigenvalue weighted by atomic mass is 32.2. The minimum atomic E-state index is 0.729. The Balaban J connectivity index is 1.50. The summed E-state index contributed by atoms with van der Waals surface area (Å²) in [5.41, 5.74) is 1.17. The van der Waals surface area contributed by atoms with Crippen LogP contribution in [0.15, 0.2) is 40.6 Å². The van der Waals surface area contributed by atoms with E-state index in [0.29, 0.717) is 0 Å². The van der Waals surface area contributed by atoms with Gasteiger partial charge >= 0.3 is 0 Å². The third-order valence-corrected chi connectivity index (χ3v) is 4.30. The van der Waals surface area contributed by atoms with Crippen LogP contribution >= 0.6 is 11.8 Å². The van der Waals surface area contributed by atoms with Gasteiger partial charge in [-0.15, -0.1) is 0 Å². The summed E-state index contributed by atoms with van der Waals surface area (Å²) in [6.45, 7) is 2.83. The van der Waals surface area contributed by atoms with Crippen LogP contribution in [0.2, 0.25) is 0 Å². The topological polar surface area (TPSA) is 62.8 Å². The van der Waals surface area contributed by atoms with Gasteiger partial charge in [0, 0.05) is 30.3 Å². The molecule has 1 saturated heterocycles. The van der Waals surface area contributed by atoms with Crippen molar-refractivity contribution in [2.75, 3.05) is 25.1 Å². The molecule has 0 atom stereocenters. The minimum absolute atomic E-state index is 0.729. The molecule has 0 aliphatic carbocycles. The first-order chi connectivity index (χ1) is 9.90. The van der Waals surface area contributed by atoms with Crippen LogP contribution in [0.5, 0.6) is 0 Å². The number of H-pyrrole nitrogens is 1. The predicted molar refractivity (Wildman–Crippen MR) is 79.0 cm³/mol. The second-order valence-electron chi connectivity index (χ2n) is 4.85. The molecule has 1 aromatic heterocycles. The Bertz CT molecular complexity index is 508. The zero-order chi connectivity index (χ0) is 13.6. The molecule has 0 radical (unpaired) electrons. The Morgan fingerprint density at radius 1 is 1.25 bits per heavy atom. The normalized spacial score (nSPS) is 16.2. The molecular weight excluding hydrogens is 272 g/mol. The molecule has 0 spiro atoms. The second kappa shape index (κ2) is 6.76. The molecule has 0 unspecified atom stereocenters. The van der Waals surface area contributed by atoms with Crippen molar-refractivity contribution < 1.29 is 4.74 Å². The monoisotopic (exact) mass is 290 g/mol. The first-order valence-corrected chi connectivity index (χ1v) is 7.67. The number of hydrogen-bond acceptors (Lipinski definition) is 5. The molecular formula is C14H18N4OS. The first-order valence-electron chi connectivity index (χ1n) is 6.85. The lowest BCUT2D eigenvalue weighted by Crippen LogP contribution is -2.22. The van der Waals surface area contributed by atoms with Crippen molar-refractivity contribution in [1.29, 1.82) is 0 Å². The highest BCUT2D eigenvalue weighted by Gasteiger charge is 2.13. The van der Waals surface area contributed by atoms with Crippen molar-refractivity contribution in [2.45, 2.75) is 22.9 Å². The number of nitrogens with zero attached hydrogens (tertiary/aromatic N) is 2. The van der Waals surface area contributed by atoms with Gasteiger partial charge in [0.25, 0.3) is 0 Å². The number of ether oxygens (including phenoxy) is 1. The van der Waals surface area contributed by atoms with Gasteiger partial charge < -0.3 is 10.1 Å².